The van der Waals surface area contributed by atoms with Crippen LogP contribution in [0.4, 0.5) is 5.82 Å². The number of allylic oxidation sites excluding steroid dienone is 1. The second kappa shape index (κ2) is 5.35. The SMILES string of the molecule is C=Nc1[nH]ccc1C(=C)C.CC.[HH]. The number of aromatic amines is 1. The molecule has 0 aliphatic heterocycles. The Bertz CT molecular complexity index is 264. The van der Waals surface area contributed by atoms with Gasteiger partial charge in [-0.15, -0.1) is 0 Å². The molecule has 12 heavy (non-hydrogen) atoms. The van der Waals surface area contributed by atoms with Gasteiger partial charge in [0.15, 0.2) is 0 Å². The number of nitrogens with one attached hydrogen (secondary N) is 1. The molecule has 1 rings (SSSR count). The van der Waals surface area contributed by atoms with Crippen LogP contribution < -0.4 is 0 Å². The van der Waals surface area contributed by atoms with Gasteiger partial charge < -0.3 is 4.98 Å². The third kappa shape index (κ3) is 2.38. The van der Waals surface area contributed by atoms with E-state index in [1.807, 2.05) is 33.0 Å². The average Bonchev–Trinajstić information content (AvgIpc) is 2.55. The number of hydrogen-bond donors (Lipinski definition) is 1. The molecular formula is C10H18N2. The van der Waals surface area contributed by atoms with E-state index in [1.165, 1.54) is 0 Å². The van der Waals surface area contributed by atoms with Crippen molar-refractivity contribution in [3.63, 3.8) is 0 Å². The van der Waals surface area contributed by atoms with Crippen molar-refractivity contribution in [2.24, 2.45) is 4.99 Å². The topological polar surface area (TPSA) is 28.1 Å². The van der Waals surface area contributed by atoms with Crippen LogP contribution in [0.5, 0.6) is 0 Å². The van der Waals surface area contributed by atoms with Crippen molar-refractivity contribution in [1.82, 2.24) is 4.98 Å². The minimum atomic E-state index is 0. The molecule has 0 atom stereocenters. The van der Waals surface area contributed by atoms with E-state index in [0.717, 1.165) is 17.0 Å². The van der Waals surface area contributed by atoms with Crippen LogP contribution in [0.3, 0.4) is 0 Å². The second-order valence-electron chi connectivity index (χ2n) is 2.18. The quantitative estimate of drug-likeness (QED) is 0.649. The number of rotatable bonds is 2. The van der Waals surface area contributed by atoms with Crippen molar-refractivity contribution >= 4 is 18.1 Å². The Kier molecular flexibility index (Phi) is 4.77. The van der Waals surface area contributed by atoms with Gasteiger partial charge in [0.2, 0.25) is 0 Å². The van der Waals surface area contributed by atoms with Gasteiger partial charge in [-0.1, -0.05) is 20.4 Å². The lowest BCUT2D eigenvalue weighted by Gasteiger charge is -1.94. The van der Waals surface area contributed by atoms with Gasteiger partial charge in [0, 0.05) is 13.2 Å². The Morgan fingerprint density at radius 3 is 2.50 bits per heavy atom. The van der Waals surface area contributed by atoms with Crippen LogP contribution in [0.1, 0.15) is 27.8 Å². The predicted octanol–water partition coefficient (Wildman–Crippen LogP) is 3.65. The maximum Gasteiger partial charge on any atom is 0.136 e. The van der Waals surface area contributed by atoms with Gasteiger partial charge in [-0.3, -0.25) is 0 Å². The largest absolute Gasteiger partial charge is 0.346 e. The molecule has 1 heterocycles. The summed E-state index contributed by atoms with van der Waals surface area (Å²) < 4.78 is 0. The van der Waals surface area contributed by atoms with Crippen LogP contribution in [0, 0.1) is 0 Å². The van der Waals surface area contributed by atoms with Crippen molar-refractivity contribution in [3.05, 3.63) is 24.4 Å². The van der Waals surface area contributed by atoms with E-state index in [2.05, 4.69) is 23.3 Å². The van der Waals surface area contributed by atoms with Crippen LogP contribution in [0.2, 0.25) is 0 Å². The molecule has 1 aromatic heterocycles. The van der Waals surface area contributed by atoms with Crippen LogP contribution in [-0.4, -0.2) is 11.7 Å². The summed E-state index contributed by atoms with van der Waals surface area (Å²) in [5.74, 6) is 0.799. The third-order valence-electron chi connectivity index (χ3n) is 1.34. The monoisotopic (exact) mass is 166 g/mol. The van der Waals surface area contributed by atoms with Crippen molar-refractivity contribution in [1.29, 1.82) is 0 Å². The highest BCUT2D eigenvalue weighted by Gasteiger charge is 1.99. The summed E-state index contributed by atoms with van der Waals surface area (Å²) in [4.78, 5) is 6.73. The summed E-state index contributed by atoms with van der Waals surface area (Å²) in [6.07, 6.45) is 1.83. The summed E-state index contributed by atoms with van der Waals surface area (Å²) in [5, 5.41) is 0. The summed E-state index contributed by atoms with van der Waals surface area (Å²) in [6.45, 7) is 13.2. The first kappa shape index (κ1) is 10.7. The molecule has 2 nitrogen and oxygen atoms in total. The molecule has 2 heteroatoms. The number of nitrogens with zero attached hydrogens (tertiary/aromatic N) is 1. The molecule has 0 saturated carbocycles. The van der Waals surface area contributed by atoms with E-state index >= 15 is 0 Å². The van der Waals surface area contributed by atoms with Crippen molar-refractivity contribution < 1.29 is 1.43 Å². The van der Waals surface area contributed by atoms with E-state index < -0.39 is 0 Å². The molecule has 0 spiro atoms. The molecule has 68 valence electrons. The predicted molar refractivity (Wildman–Crippen MR) is 58.2 cm³/mol. The fourth-order valence-corrected chi connectivity index (χ4v) is 0.836. The minimum Gasteiger partial charge on any atom is -0.346 e. The summed E-state index contributed by atoms with van der Waals surface area (Å²) in [6, 6.07) is 1.94. The average molecular weight is 166 g/mol. The Balaban J connectivity index is 0. The zero-order chi connectivity index (χ0) is 9.56. The second-order valence-corrected chi connectivity index (χ2v) is 2.18. The van der Waals surface area contributed by atoms with Crippen molar-refractivity contribution in [2.75, 3.05) is 0 Å². The van der Waals surface area contributed by atoms with Gasteiger partial charge in [0.25, 0.3) is 0 Å². The highest BCUT2D eigenvalue weighted by atomic mass is 14.9. The number of hydrogen-bond acceptors (Lipinski definition) is 1. The van der Waals surface area contributed by atoms with E-state index in [-0.39, 0.29) is 1.43 Å². The van der Waals surface area contributed by atoms with Gasteiger partial charge in [0.05, 0.1) is 0 Å². The van der Waals surface area contributed by atoms with Gasteiger partial charge in [0.1, 0.15) is 5.82 Å². The number of aromatic nitrogens is 1. The fourth-order valence-electron chi connectivity index (χ4n) is 0.836. The summed E-state index contributed by atoms with van der Waals surface area (Å²) in [5.41, 5.74) is 2.04. The first-order chi connectivity index (χ1) is 5.75. The van der Waals surface area contributed by atoms with Crippen LogP contribution in [-0.2, 0) is 0 Å². The van der Waals surface area contributed by atoms with E-state index in [9.17, 15) is 0 Å². The highest BCUT2D eigenvalue weighted by Crippen LogP contribution is 2.22. The minimum absolute atomic E-state index is 0. The molecule has 0 radical (unpaired) electrons. The van der Waals surface area contributed by atoms with E-state index in [4.69, 9.17) is 0 Å². The summed E-state index contributed by atoms with van der Waals surface area (Å²) >= 11 is 0. The van der Waals surface area contributed by atoms with Crippen molar-refractivity contribution in [3.8, 4) is 0 Å². The normalized spacial score (nSPS) is 8.25. The number of aliphatic imine (C=N–C) groups is 1. The fraction of sp³-hybridized carbons (Fsp3) is 0.300. The lowest BCUT2D eigenvalue weighted by atomic mass is 10.2. The zero-order valence-corrected chi connectivity index (χ0v) is 8.02. The lowest BCUT2D eigenvalue weighted by Crippen LogP contribution is -1.71. The van der Waals surface area contributed by atoms with Crippen LogP contribution in [0.15, 0.2) is 23.8 Å². The molecule has 0 aliphatic carbocycles. The maximum atomic E-state index is 3.80. The Morgan fingerprint density at radius 1 is 1.58 bits per heavy atom. The molecular weight excluding hydrogens is 148 g/mol. The molecule has 0 bridgehead atoms. The number of H-pyrrole nitrogens is 1. The molecule has 0 aromatic carbocycles. The Labute approximate surface area is 75.5 Å². The van der Waals surface area contributed by atoms with Crippen LogP contribution >= 0.6 is 0 Å². The highest BCUT2D eigenvalue weighted by molar-refractivity contribution is 5.70. The van der Waals surface area contributed by atoms with Crippen LogP contribution in [0.25, 0.3) is 5.57 Å². The van der Waals surface area contributed by atoms with Gasteiger partial charge in [-0.05, 0) is 25.3 Å². The van der Waals surface area contributed by atoms with Gasteiger partial charge in [-0.25, -0.2) is 4.99 Å². The lowest BCUT2D eigenvalue weighted by molar-refractivity contribution is 1.34. The molecule has 0 unspecified atom stereocenters. The first-order valence-corrected chi connectivity index (χ1v) is 4.05. The summed E-state index contributed by atoms with van der Waals surface area (Å²) in [7, 11) is 0. The van der Waals surface area contributed by atoms with E-state index in [0.29, 0.717) is 0 Å². The third-order valence-corrected chi connectivity index (χ3v) is 1.34. The molecule has 0 saturated heterocycles. The smallest absolute Gasteiger partial charge is 0.136 e. The molecule has 0 aliphatic rings. The van der Waals surface area contributed by atoms with Gasteiger partial charge in [-0.2, -0.15) is 0 Å². The molecule has 1 aromatic rings. The Hall–Kier alpha value is -1.31. The first-order valence-electron chi connectivity index (χ1n) is 4.05. The van der Waals surface area contributed by atoms with Crippen molar-refractivity contribution in [2.45, 2.75) is 20.8 Å². The van der Waals surface area contributed by atoms with Gasteiger partial charge >= 0.3 is 0 Å². The molecule has 0 amide bonds. The maximum absolute atomic E-state index is 3.80. The Morgan fingerprint density at radius 2 is 2.17 bits per heavy atom. The molecule has 1 N–H and O–H groups in total. The van der Waals surface area contributed by atoms with E-state index in [1.54, 1.807) is 0 Å². The zero-order valence-electron chi connectivity index (χ0n) is 8.02. The standard InChI is InChI=1S/C8H10N2.C2H6.H2/c1-6(2)7-4-5-10-8(7)9-3;1-2;/h4-5,10H,1,3H2,2H3;1-2H3;1H. The molecule has 0 fully saturated rings.